The first-order valence-electron chi connectivity index (χ1n) is 6.79. The van der Waals surface area contributed by atoms with Crippen molar-refractivity contribution in [2.75, 3.05) is 12.3 Å². The monoisotopic (exact) mass is 299 g/mol. The number of tetrazole rings is 1. The van der Waals surface area contributed by atoms with Crippen molar-refractivity contribution in [2.24, 2.45) is 5.92 Å². The smallest absolute Gasteiger partial charge is 0.225 e. The highest BCUT2D eigenvalue weighted by atomic mass is 16.3. The van der Waals surface area contributed by atoms with Gasteiger partial charge in [0.2, 0.25) is 11.8 Å². The minimum Gasteiger partial charge on any atom is -0.396 e. The second-order valence-corrected chi connectivity index (χ2v) is 5.12. The summed E-state index contributed by atoms with van der Waals surface area (Å²) in [4.78, 5) is 12.8. The Bertz CT molecular complexity index is 838. The minimum atomic E-state index is 0.0783. The summed E-state index contributed by atoms with van der Waals surface area (Å²) in [5.41, 5.74) is 7.42. The Morgan fingerprint density at radius 1 is 1.36 bits per heavy atom. The molecule has 10 nitrogen and oxygen atoms in total. The van der Waals surface area contributed by atoms with Crippen molar-refractivity contribution in [3.05, 3.63) is 18.5 Å². The standard InChI is InChI=1S/C12H13N9O/c13-12-15-8(10-17-19-20-18-10)9-11(16-12)21(5-14-9)7-2-1-6(3-7)4-22/h1-2,5-7,22H,3-4H2,(H2,13,15,16)(H,17,18,19,20)/t6-,7+/m1/s1. The van der Waals surface area contributed by atoms with Gasteiger partial charge >= 0.3 is 0 Å². The molecule has 3 heterocycles. The molecule has 4 N–H and O–H groups in total. The summed E-state index contributed by atoms with van der Waals surface area (Å²) in [7, 11) is 0. The third-order valence-corrected chi connectivity index (χ3v) is 3.74. The summed E-state index contributed by atoms with van der Waals surface area (Å²) in [6, 6.07) is 0.0783. The van der Waals surface area contributed by atoms with Gasteiger partial charge < -0.3 is 15.4 Å². The highest BCUT2D eigenvalue weighted by Crippen LogP contribution is 2.31. The van der Waals surface area contributed by atoms with Crippen molar-refractivity contribution in [1.29, 1.82) is 0 Å². The molecular weight excluding hydrogens is 286 g/mol. The van der Waals surface area contributed by atoms with Gasteiger partial charge in [-0.2, -0.15) is 10.2 Å². The summed E-state index contributed by atoms with van der Waals surface area (Å²) >= 11 is 0. The van der Waals surface area contributed by atoms with Gasteiger partial charge in [-0.15, -0.1) is 10.2 Å². The Balaban J connectivity index is 1.84. The molecule has 0 bridgehead atoms. The first kappa shape index (κ1) is 12.8. The van der Waals surface area contributed by atoms with Crippen molar-refractivity contribution in [3.63, 3.8) is 0 Å². The van der Waals surface area contributed by atoms with Crippen LogP contribution in [0.1, 0.15) is 12.5 Å². The predicted molar refractivity (Wildman–Crippen MR) is 76.3 cm³/mol. The van der Waals surface area contributed by atoms with Gasteiger partial charge in [-0.1, -0.05) is 12.2 Å². The van der Waals surface area contributed by atoms with Crippen molar-refractivity contribution in [1.82, 2.24) is 40.1 Å². The van der Waals surface area contributed by atoms with E-state index in [4.69, 9.17) is 5.73 Å². The summed E-state index contributed by atoms with van der Waals surface area (Å²) in [5, 5.41) is 23.0. The molecule has 0 amide bonds. The van der Waals surface area contributed by atoms with Gasteiger partial charge in [0.1, 0.15) is 11.2 Å². The Morgan fingerprint density at radius 2 is 2.27 bits per heavy atom. The first-order valence-corrected chi connectivity index (χ1v) is 6.79. The van der Waals surface area contributed by atoms with E-state index in [2.05, 4.69) is 35.6 Å². The number of aliphatic hydroxyl groups excluding tert-OH is 1. The van der Waals surface area contributed by atoms with Crippen molar-refractivity contribution in [2.45, 2.75) is 12.5 Å². The summed E-state index contributed by atoms with van der Waals surface area (Å²) in [6.45, 7) is 0.130. The van der Waals surface area contributed by atoms with E-state index >= 15 is 0 Å². The first-order chi connectivity index (χ1) is 10.8. The number of aromatic amines is 1. The van der Waals surface area contributed by atoms with Crippen LogP contribution in [0.3, 0.4) is 0 Å². The summed E-state index contributed by atoms with van der Waals surface area (Å²) < 4.78 is 1.92. The Labute approximate surface area is 124 Å². The largest absolute Gasteiger partial charge is 0.396 e. The average molecular weight is 299 g/mol. The van der Waals surface area contributed by atoms with Crippen LogP contribution in [0, 0.1) is 5.92 Å². The van der Waals surface area contributed by atoms with Gasteiger partial charge in [0, 0.05) is 12.5 Å². The van der Waals surface area contributed by atoms with E-state index in [0.29, 0.717) is 22.7 Å². The van der Waals surface area contributed by atoms with E-state index in [0.717, 1.165) is 6.42 Å². The number of nitrogens with zero attached hydrogens (tertiary/aromatic N) is 7. The highest BCUT2D eigenvalue weighted by molar-refractivity contribution is 5.86. The maximum Gasteiger partial charge on any atom is 0.225 e. The predicted octanol–water partition coefficient (Wildman–Crippen LogP) is -0.302. The molecule has 1 aliphatic rings. The number of rotatable bonds is 3. The quantitative estimate of drug-likeness (QED) is 0.559. The number of nitrogen functional groups attached to an aromatic ring is 1. The van der Waals surface area contributed by atoms with Crippen LogP contribution in [0.15, 0.2) is 18.5 Å². The van der Waals surface area contributed by atoms with E-state index in [-0.39, 0.29) is 24.5 Å². The van der Waals surface area contributed by atoms with Crippen molar-refractivity contribution in [3.8, 4) is 11.5 Å². The molecule has 112 valence electrons. The number of nitrogens with one attached hydrogen (secondary N) is 1. The van der Waals surface area contributed by atoms with Crippen molar-refractivity contribution >= 4 is 17.1 Å². The molecule has 0 fully saturated rings. The van der Waals surface area contributed by atoms with Crippen LogP contribution >= 0.6 is 0 Å². The lowest BCUT2D eigenvalue weighted by Gasteiger charge is -2.12. The van der Waals surface area contributed by atoms with Crippen LogP contribution in [-0.4, -0.2) is 51.9 Å². The third-order valence-electron chi connectivity index (χ3n) is 3.74. The third kappa shape index (κ3) is 1.92. The van der Waals surface area contributed by atoms with Crippen LogP contribution in [0.25, 0.3) is 22.7 Å². The summed E-state index contributed by atoms with van der Waals surface area (Å²) in [5.74, 6) is 0.590. The summed E-state index contributed by atoms with van der Waals surface area (Å²) in [6.07, 6.45) is 6.52. The Morgan fingerprint density at radius 3 is 3.00 bits per heavy atom. The second kappa shape index (κ2) is 4.84. The molecule has 3 aromatic rings. The molecule has 2 atom stereocenters. The van der Waals surface area contributed by atoms with Gasteiger partial charge in [-0.3, -0.25) is 0 Å². The molecule has 0 saturated heterocycles. The molecule has 0 unspecified atom stereocenters. The fourth-order valence-corrected chi connectivity index (χ4v) is 2.69. The van der Waals surface area contributed by atoms with Crippen LogP contribution < -0.4 is 5.73 Å². The molecule has 3 aromatic heterocycles. The maximum atomic E-state index is 9.26. The molecule has 0 saturated carbocycles. The van der Waals surface area contributed by atoms with Gasteiger partial charge in [-0.25, -0.2) is 9.97 Å². The van der Waals surface area contributed by atoms with Crippen molar-refractivity contribution < 1.29 is 5.11 Å². The number of aromatic nitrogens is 8. The van der Waals surface area contributed by atoms with Crippen LogP contribution in [0.2, 0.25) is 0 Å². The highest BCUT2D eigenvalue weighted by Gasteiger charge is 2.24. The Kier molecular flexibility index (Phi) is 2.82. The lowest BCUT2D eigenvalue weighted by atomic mass is 10.1. The topological polar surface area (TPSA) is 144 Å². The maximum absolute atomic E-state index is 9.26. The van der Waals surface area contributed by atoms with E-state index in [1.807, 2.05) is 16.7 Å². The number of anilines is 1. The molecule has 1 aliphatic carbocycles. The lowest BCUT2D eigenvalue weighted by molar-refractivity contribution is 0.244. The molecule has 0 spiro atoms. The number of fused-ring (bicyclic) bond motifs is 1. The van der Waals surface area contributed by atoms with Crippen LogP contribution in [0.4, 0.5) is 5.95 Å². The molecule has 10 heteroatoms. The average Bonchev–Trinajstić information content (AvgIpc) is 3.25. The number of nitrogens with two attached hydrogens (primary N) is 1. The Hall–Kier alpha value is -2.88. The zero-order valence-electron chi connectivity index (χ0n) is 11.5. The van der Waals surface area contributed by atoms with Gasteiger partial charge in [-0.05, 0) is 11.6 Å². The molecule has 0 radical (unpaired) electrons. The number of hydrogen-bond donors (Lipinski definition) is 3. The zero-order valence-corrected chi connectivity index (χ0v) is 11.5. The second-order valence-electron chi connectivity index (χ2n) is 5.12. The number of H-pyrrole nitrogens is 1. The molecule has 22 heavy (non-hydrogen) atoms. The molecular formula is C12H13N9O. The van der Waals surface area contributed by atoms with Gasteiger partial charge in [0.25, 0.3) is 0 Å². The lowest BCUT2D eigenvalue weighted by Crippen LogP contribution is -2.09. The number of hydrogen-bond acceptors (Lipinski definition) is 8. The van der Waals surface area contributed by atoms with Crippen LogP contribution in [0.5, 0.6) is 0 Å². The molecule has 0 aliphatic heterocycles. The zero-order chi connectivity index (χ0) is 15.1. The van der Waals surface area contributed by atoms with Gasteiger partial charge in [0.05, 0.1) is 12.4 Å². The number of aliphatic hydroxyl groups is 1. The SMILES string of the molecule is Nc1nc(-c2nn[nH]n2)c2ncn([C@H]3C=C[C@@H](CO)C3)c2n1. The van der Waals surface area contributed by atoms with Crippen LogP contribution in [-0.2, 0) is 0 Å². The minimum absolute atomic E-state index is 0.0783. The normalized spacial score (nSPS) is 21.0. The number of imidazole rings is 1. The van der Waals surface area contributed by atoms with E-state index < -0.39 is 0 Å². The molecule has 4 rings (SSSR count). The number of allylic oxidation sites excluding steroid dienone is 1. The van der Waals surface area contributed by atoms with Gasteiger partial charge in [0.15, 0.2) is 5.65 Å². The van der Waals surface area contributed by atoms with E-state index in [1.165, 1.54) is 0 Å². The van der Waals surface area contributed by atoms with E-state index in [1.54, 1.807) is 6.33 Å². The fraction of sp³-hybridized carbons (Fsp3) is 0.333. The molecule has 0 aromatic carbocycles. The fourth-order valence-electron chi connectivity index (χ4n) is 2.69. The van der Waals surface area contributed by atoms with E-state index in [9.17, 15) is 5.11 Å².